The van der Waals surface area contributed by atoms with E-state index in [4.69, 9.17) is 14.6 Å². The van der Waals surface area contributed by atoms with Crippen LogP contribution in [0.5, 0.6) is 0 Å². The Morgan fingerprint density at radius 1 is 1.16 bits per heavy atom. The van der Waals surface area contributed by atoms with Crippen LogP contribution < -0.4 is 0 Å². The number of thiophene rings is 3. The molecule has 3 aromatic heterocycles. The van der Waals surface area contributed by atoms with E-state index in [2.05, 4.69) is 6.07 Å². The Morgan fingerprint density at radius 3 is 2.53 bits per heavy atom. The zero-order chi connectivity index (χ0) is 13.1. The molecule has 4 nitrogen and oxygen atoms in total. The first-order valence-electron chi connectivity index (χ1n) is 5.62. The Hall–Kier alpha value is -0.990. The minimum atomic E-state index is -0.863. The zero-order valence-electron chi connectivity index (χ0n) is 9.71. The molecule has 3 aromatic rings. The molecule has 0 radical (unpaired) electrons. The van der Waals surface area contributed by atoms with Crippen molar-refractivity contribution in [1.29, 1.82) is 0 Å². The predicted molar refractivity (Wildman–Crippen MR) is 76.4 cm³/mol. The largest absolute Gasteiger partial charge is 0.477 e. The second-order valence-corrected chi connectivity index (χ2v) is 7.44. The maximum absolute atomic E-state index is 11.0. The van der Waals surface area contributed by atoms with E-state index in [1.165, 1.54) is 16.0 Å². The van der Waals surface area contributed by atoms with Crippen LogP contribution in [0.25, 0.3) is 18.8 Å². The molecule has 4 rings (SSSR count). The molecule has 1 aliphatic rings. The molecule has 4 heterocycles. The second-order valence-electron chi connectivity index (χ2n) is 4.23. The van der Waals surface area contributed by atoms with Gasteiger partial charge in [-0.25, -0.2) is 4.79 Å². The number of carbonyl (C=O) groups is 1. The molecule has 0 saturated carbocycles. The van der Waals surface area contributed by atoms with Crippen LogP contribution in [-0.2, 0) is 9.47 Å². The maximum Gasteiger partial charge on any atom is 0.345 e. The summed E-state index contributed by atoms with van der Waals surface area (Å²) in [4.78, 5) is 12.4. The lowest BCUT2D eigenvalue weighted by molar-refractivity contribution is -0.381. The van der Waals surface area contributed by atoms with E-state index in [9.17, 15) is 4.79 Å². The third kappa shape index (κ3) is 1.73. The van der Waals surface area contributed by atoms with E-state index < -0.39 is 5.97 Å². The molecular weight excluding hydrogens is 304 g/mol. The molecule has 19 heavy (non-hydrogen) atoms. The number of hydrogen-bond donors (Lipinski definition) is 1. The minimum absolute atomic E-state index is 0.134. The molecule has 0 bridgehead atoms. The summed E-state index contributed by atoms with van der Waals surface area (Å²) in [6.07, 6.45) is -0.390. The van der Waals surface area contributed by atoms with Crippen LogP contribution in [0.1, 0.15) is 27.8 Å². The maximum atomic E-state index is 11.0. The standard InChI is InChI=1S/C12H8O4S3/c1-4-15-12(16-4)8-3-6-10(19-8)9-5(17-6)2-7(18-9)11(13)14/h2-4,12H,1H3,(H,13,14). The lowest BCUT2D eigenvalue weighted by Crippen LogP contribution is -2.30. The fraction of sp³-hybridized carbons (Fsp3) is 0.250. The lowest BCUT2D eigenvalue weighted by atomic mass is 10.4. The smallest absolute Gasteiger partial charge is 0.345 e. The van der Waals surface area contributed by atoms with Crippen LogP contribution >= 0.6 is 34.0 Å². The SMILES string of the molecule is CC1OC(c2cc3sc4cc(C(=O)O)sc4c3s2)O1. The van der Waals surface area contributed by atoms with Gasteiger partial charge in [-0.3, -0.25) is 0 Å². The van der Waals surface area contributed by atoms with Gasteiger partial charge in [-0.2, -0.15) is 0 Å². The Balaban J connectivity index is 1.82. The first-order valence-corrected chi connectivity index (χ1v) is 8.07. The number of fused-ring (bicyclic) bond motifs is 3. The Morgan fingerprint density at radius 2 is 1.84 bits per heavy atom. The van der Waals surface area contributed by atoms with Crippen molar-refractivity contribution < 1.29 is 19.4 Å². The van der Waals surface area contributed by atoms with Crippen molar-refractivity contribution in [2.45, 2.75) is 19.5 Å². The van der Waals surface area contributed by atoms with Crippen LogP contribution in [0.2, 0.25) is 0 Å². The molecule has 0 aliphatic carbocycles. The Labute approximate surface area is 119 Å². The minimum Gasteiger partial charge on any atom is -0.477 e. The number of carboxylic acids is 1. The van der Waals surface area contributed by atoms with E-state index in [-0.39, 0.29) is 12.6 Å². The third-order valence-electron chi connectivity index (χ3n) is 2.91. The van der Waals surface area contributed by atoms with Gasteiger partial charge in [0.15, 0.2) is 12.6 Å². The van der Waals surface area contributed by atoms with Crippen molar-refractivity contribution in [3.63, 3.8) is 0 Å². The monoisotopic (exact) mass is 312 g/mol. The number of ether oxygens (including phenoxy) is 2. The lowest BCUT2D eigenvalue weighted by Gasteiger charge is -2.32. The van der Waals surface area contributed by atoms with E-state index in [0.717, 1.165) is 19.0 Å². The van der Waals surface area contributed by atoms with E-state index in [1.54, 1.807) is 28.7 Å². The molecule has 0 amide bonds. The average Bonchev–Trinajstić information content (AvgIpc) is 2.93. The van der Waals surface area contributed by atoms with Gasteiger partial charge >= 0.3 is 5.97 Å². The average molecular weight is 312 g/mol. The molecule has 0 unspecified atom stereocenters. The van der Waals surface area contributed by atoms with Crippen molar-refractivity contribution in [1.82, 2.24) is 0 Å². The highest BCUT2D eigenvalue weighted by Gasteiger charge is 2.30. The van der Waals surface area contributed by atoms with Crippen molar-refractivity contribution in [2.75, 3.05) is 0 Å². The van der Waals surface area contributed by atoms with Crippen LogP contribution in [-0.4, -0.2) is 17.4 Å². The van der Waals surface area contributed by atoms with Gasteiger partial charge in [-0.15, -0.1) is 34.0 Å². The van der Waals surface area contributed by atoms with Crippen molar-refractivity contribution in [3.8, 4) is 0 Å². The number of aromatic carboxylic acids is 1. The van der Waals surface area contributed by atoms with Gasteiger partial charge in [0.05, 0.1) is 14.3 Å². The Kier molecular flexibility index (Phi) is 2.49. The fourth-order valence-corrected chi connectivity index (χ4v) is 5.91. The van der Waals surface area contributed by atoms with E-state index in [1.807, 2.05) is 6.92 Å². The predicted octanol–water partition coefficient (Wildman–Crippen LogP) is 4.27. The van der Waals surface area contributed by atoms with Gasteiger partial charge in [-0.05, 0) is 19.1 Å². The second kappa shape index (κ2) is 4.00. The topological polar surface area (TPSA) is 55.8 Å². The summed E-state index contributed by atoms with van der Waals surface area (Å²) in [6.45, 7) is 1.86. The van der Waals surface area contributed by atoms with Crippen molar-refractivity contribution in [2.24, 2.45) is 0 Å². The summed E-state index contributed by atoms with van der Waals surface area (Å²) >= 11 is 4.57. The van der Waals surface area contributed by atoms with Gasteiger partial charge in [0.1, 0.15) is 4.88 Å². The molecule has 0 atom stereocenters. The van der Waals surface area contributed by atoms with Crippen molar-refractivity contribution in [3.05, 3.63) is 21.9 Å². The van der Waals surface area contributed by atoms with Crippen LogP contribution in [0.3, 0.4) is 0 Å². The molecule has 7 heteroatoms. The van der Waals surface area contributed by atoms with Crippen LogP contribution in [0.15, 0.2) is 12.1 Å². The van der Waals surface area contributed by atoms with Crippen molar-refractivity contribution >= 4 is 58.8 Å². The third-order valence-corrected chi connectivity index (χ3v) is 6.70. The highest BCUT2D eigenvalue weighted by atomic mass is 32.1. The summed E-state index contributed by atoms with van der Waals surface area (Å²) in [5.74, 6) is -0.863. The first-order chi connectivity index (χ1) is 9.11. The Bertz CT molecular complexity index is 791. The van der Waals surface area contributed by atoms with Crippen LogP contribution in [0.4, 0.5) is 0 Å². The number of rotatable bonds is 2. The summed E-state index contributed by atoms with van der Waals surface area (Å²) in [7, 11) is 0. The highest BCUT2D eigenvalue weighted by molar-refractivity contribution is 7.38. The normalized spacial score (nSPS) is 23.0. The first kappa shape index (κ1) is 11.8. The van der Waals surface area contributed by atoms with Gasteiger partial charge in [0.2, 0.25) is 0 Å². The number of carboxylic acid groups (broad SMARTS) is 1. The van der Waals surface area contributed by atoms with E-state index in [0.29, 0.717) is 4.88 Å². The molecule has 1 N–H and O–H groups in total. The van der Waals surface area contributed by atoms with Gasteiger partial charge in [0, 0.05) is 9.40 Å². The van der Waals surface area contributed by atoms with Crippen LogP contribution in [0, 0.1) is 0 Å². The quantitative estimate of drug-likeness (QED) is 0.768. The summed E-state index contributed by atoms with van der Waals surface area (Å²) in [5, 5.41) is 9.02. The summed E-state index contributed by atoms with van der Waals surface area (Å²) in [5.41, 5.74) is 0. The molecular formula is C12H8O4S3. The van der Waals surface area contributed by atoms with Gasteiger partial charge in [0.25, 0.3) is 0 Å². The molecule has 1 fully saturated rings. The molecule has 0 aromatic carbocycles. The zero-order valence-corrected chi connectivity index (χ0v) is 12.2. The number of hydrogen-bond acceptors (Lipinski definition) is 6. The highest BCUT2D eigenvalue weighted by Crippen LogP contribution is 2.46. The van der Waals surface area contributed by atoms with Gasteiger partial charge in [-0.1, -0.05) is 0 Å². The molecule has 1 aliphatic heterocycles. The summed E-state index contributed by atoms with van der Waals surface area (Å²) in [6, 6.07) is 3.83. The summed E-state index contributed by atoms with van der Waals surface area (Å²) < 4.78 is 15.4. The molecule has 98 valence electrons. The fourth-order valence-electron chi connectivity index (χ4n) is 2.07. The van der Waals surface area contributed by atoms with Gasteiger partial charge < -0.3 is 14.6 Å². The van der Waals surface area contributed by atoms with E-state index >= 15 is 0 Å². The molecule has 0 spiro atoms. The molecule has 1 saturated heterocycles.